The van der Waals surface area contributed by atoms with Crippen molar-refractivity contribution in [1.82, 2.24) is 9.97 Å². The van der Waals surface area contributed by atoms with E-state index in [0.717, 1.165) is 36.1 Å². The molecule has 6 heteroatoms. The number of methoxy groups -OCH3 is 1. The van der Waals surface area contributed by atoms with Crippen LogP contribution in [0, 0.1) is 0 Å². The number of hydrogen-bond donors (Lipinski definition) is 2. The van der Waals surface area contributed by atoms with E-state index in [1.807, 2.05) is 13.0 Å². The zero-order chi connectivity index (χ0) is 11.8. The van der Waals surface area contributed by atoms with Crippen LogP contribution in [0.3, 0.4) is 0 Å². The lowest BCUT2D eigenvalue weighted by molar-refractivity contribution is 0.200. The molecule has 0 spiro atoms. The minimum atomic E-state index is 0.668. The van der Waals surface area contributed by atoms with Crippen molar-refractivity contribution >= 4 is 17.6 Å². The Balaban J connectivity index is 2.57. The summed E-state index contributed by atoms with van der Waals surface area (Å²) in [5, 5.41) is 0.955. The Morgan fingerprint density at radius 2 is 2.31 bits per heavy atom. The predicted octanol–water partition coefficient (Wildman–Crippen LogP) is 1.45. The van der Waals surface area contributed by atoms with Crippen molar-refractivity contribution in [3.05, 3.63) is 11.9 Å². The first-order chi connectivity index (χ1) is 7.80. The van der Waals surface area contributed by atoms with Crippen molar-refractivity contribution < 1.29 is 4.74 Å². The number of nitrogens with one attached hydrogen (secondary N) is 1. The van der Waals surface area contributed by atoms with Crippen molar-refractivity contribution in [2.24, 2.45) is 5.84 Å². The topological polar surface area (TPSA) is 73.1 Å². The second-order valence-electron chi connectivity index (χ2n) is 3.20. The highest BCUT2D eigenvalue weighted by Gasteiger charge is 2.03. The van der Waals surface area contributed by atoms with Gasteiger partial charge in [-0.2, -0.15) is 0 Å². The highest BCUT2D eigenvalue weighted by molar-refractivity contribution is 7.99. The van der Waals surface area contributed by atoms with Gasteiger partial charge in [-0.25, -0.2) is 15.8 Å². The van der Waals surface area contributed by atoms with Gasteiger partial charge in [0.25, 0.3) is 0 Å². The monoisotopic (exact) mass is 242 g/mol. The van der Waals surface area contributed by atoms with E-state index in [0.29, 0.717) is 5.82 Å². The van der Waals surface area contributed by atoms with Crippen molar-refractivity contribution in [1.29, 1.82) is 0 Å². The van der Waals surface area contributed by atoms with Crippen molar-refractivity contribution in [2.75, 3.05) is 24.9 Å². The van der Waals surface area contributed by atoms with E-state index >= 15 is 0 Å². The van der Waals surface area contributed by atoms with Crippen LogP contribution in [0.25, 0.3) is 0 Å². The molecular weight excluding hydrogens is 224 g/mol. The molecule has 1 aromatic rings. The molecule has 1 heterocycles. The Morgan fingerprint density at radius 3 is 2.94 bits per heavy atom. The summed E-state index contributed by atoms with van der Waals surface area (Å²) < 4.78 is 4.99. The average molecular weight is 242 g/mol. The molecule has 1 rings (SSSR count). The fourth-order valence-corrected chi connectivity index (χ4v) is 1.99. The van der Waals surface area contributed by atoms with Crippen LogP contribution < -0.4 is 11.3 Å². The van der Waals surface area contributed by atoms with E-state index in [4.69, 9.17) is 10.6 Å². The molecule has 0 fully saturated rings. The quantitative estimate of drug-likeness (QED) is 0.248. The number of anilines is 1. The SMILES string of the molecule is CCc1nc(NN)cc(SCCCOC)n1. The van der Waals surface area contributed by atoms with Gasteiger partial charge in [0.1, 0.15) is 16.7 Å². The van der Waals surface area contributed by atoms with Crippen LogP contribution in [-0.4, -0.2) is 29.4 Å². The molecule has 3 N–H and O–H groups in total. The van der Waals surface area contributed by atoms with Gasteiger partial charge < -0.3 is 10.2 Å². The molecule has 0 amide bonds. The summed E-state index contributed by atoms with van der Waals surface area (Å²) in [5.74, 6) is 7.81. The molecule has 0 aliphatic heterocycles. The first-order valence-electron chi connectivity index (χ1n) is 5.26. The van der Waals surface area contributed by atoms with Crippen LogP contribution in [0.1, 0.15) is 19.2 Å². The van der Waals surface area contributed by atoms with E-state index in [1.54, 1.807) is 18.9 Å². The number of nitrogens with zero attached hydrogens (tertiary/aromatic N) is 2. The maximum Gasteiger partial charge on any atom is 0.144 e. The number of ether oxygens (including phenoxy) is 1. The van der Waals surface area contributed by atoms with Crippen molar-refractivity contribution in [2.45, 2.75) is 24.8 Å². The Kier molecular flexibility index (Phi) is 6.14. The molecular formula is C10H18N4OS. The minimum absolute atomic E-state index is 0.668. The number of nitrogens with two attached hydrogens (primary N) is 1. The first-order valence-corrected chi connectivity index (χ1v) is 6.25. The lowest BCUT2D eigenvalue weighted by atomic mass is 10.4. The van der Waals surface area contributed by atoms with Crippen LogP contribution in [0.4, 0.5) is 5.82 Å². The Hall–Kier alpha value is -0.850. The third kappa shape index (κ3) is 4.34. The number of nitrogen functional groups attached to an aromatic ring is 1. The first kappa shape index (κ1) is 13.2. The Bertz CT molecular complexity index is 299. The van der Waals surface area contributed by atoms with Gasteiger partial charge in [-0.3, -0.25) is 0 Å². The fraction of sp³-hybridized carbons (Fsp3) is 0.600. The van der Waals surface area contributed by atoms with E-state index in [2.05, 4.69) is 15.4 Å². The van der Waals surface area contributed by atoms with Crippen LogP contribution in [0.15, 0.2) is 11.1 Å². The lowest BCUT2D eigenvalue weighted by Gasteiger charge is -2.06. The number of hydrazine groups is 1. The molecule has 0 bridgehead atoms. The molecule has 0 aliphatic carbocycles. The Morgan fingerprint density at radius 1 is 1.50 bits per heavy atom. The lowest BCUT2D eigenvalue weighted by Crippen LogP contribution is -2.10. The molecule has 0 atom stereocenters. The number of aromatic nitrogens is 2. The third-order valence-corrected chi connectivity index (χ3v) is 2.95. The Labute approximate surface area is 100 Å². The molecule has 5 nitrogen and oxygen atoms in total. The van der Waals surface area contributed by atoms with Gasteiger partial charge in [-0.1, -0.05) is 6.92 Å². The van der Waals surface area contributed by atoms with Crippen molar-refractivity contribution in [3.63, 3.8) is 0 Å². The average Bonchev–Trinajstić information content (AvgIpc) is 2.34. The molecule has 0 radical (unpaired) electrons. The van der Waals surface area contributed by atoms with Gasteiger partial charge in [0.2, 0.25) is 0 Å². The van der Waals surface area contributed by atoms with E-state index in [-0.39, 0.29) is 0 Å². The normalized spacial score (nSPS) is 10.4. The van der Waals surface area contributed by atoms with Gasteiger partial charge in [0.15, 0.2) is 0 Å². The largest absolute Gasteiger partial charge is 0.385 e. The maximum atomic E-state index is 5.35. The zero-order valence-electron chi connectivity index (χ0n) is 9.69. The molecule has 90 valence electrons. The highest BCUT2D eigenvalue weighted by atomic mass is 32.2. The third-order valence-electron chi connectivity index (χ3n) is 1.96. The number of rotatable bonds is 7. The van der Waals surface area contributed by atoms with Crippen LogP contribution >= 0.6 is 11.8 Å². The molecule has 0 saturated heterocycles. The molecule has 0 unspecified atom stereocenters. The smallest absolute Gasteiger partial charge is 0.144 e. The summed E-state index contributed by atoms with van der Waals surface area (Å²) >= 11 is 1.69. The highest BCUT2D eigenvalue weighted by Crippen LogP contribution is 2.19. The van der Waals surface area contributed by atoms with Crippen LogP contribution in [-0.2, 0) is 11.2 Å². The minimum Gasteiger partial charge on any atom is -0.385 e. The van der Waals surface area contributed by atoms with Crippen LogP contribution in [0.5, 0.6) is 0 Å². The molecule has 0 aliphatic rings. The summed E-state index contributed by atoms with van der Waals surface area (Å²) in [4.78, 5) is 8.64. The van der Waals surface area contributed by atoms with E-state index in [9.17, 15) is 0 Å². The number of hydrogen-bond acceptors (Lipinski definition) is 6. The van der Waals surface area contributed by atoms with E-state index in [1.165, 1.54) is 0 Å². The summed E-state index contributed by atoms with van der Waals surface area (Å²) in [6.07, 6.45) is 1.82. The van der Waals surface area contributed by atoms with Gasteiger partial charge in [0, 0.05) is 32.0 Å². The van der Waals surface area contributed by atoms with Gasteiger partial charge in [0.05, 0.1) is 0 Å². The van der Waals surface area contributed by atoms with Gasteiger partial charge >= 0.3 is 0 Å². The maximum absolute atomic E-state index is 5.35. The predicted molar refractivity (Wildman–Crippen MR) is 66.4 cm³/mol. The summed E-state index contributed by atoms with van der Waals surface area (Å²) in [7, 11) is 1.71. The van der Waals surface area contributed by atoms with E-state index < -0.39 is 0 Å². The number of aryl methyl sites for hydroxylation is 1. The molecule has 1 aromatic heterocycles. The summed E-state index contributed by atoms with van der Waals surface area (Å²) in [6, 6.07) is 1.86. The molecule has 16 heavy (non-hydrogen) atoms. The second kappa shape index (κ2) is 7.43. The standard InChI is InChI=1S/C10H18N4OS/c1-3-8-12-9(14-11)7-10(13-8)16-6-4-5-15-2/h7H,3-6,11H2,1-2H3,(H,12,13,14). The number of thioether (sulfide) groups is 1. The summed E-state index contributed by atoms with van der Waals surface area (Å²) in [6.45, 7) is 2.80. The second-order valence-corrected chi connectivity index (χ2v) is 4.32. The van der Waals surface area contributed by atoms with Crippen LogP contribution in [0.2, 0.25) is 0 Å². The molecule has 0 aromatic carbocycles. The zero-order valence-corrected chi connectivity index (χ0v) is 10.5. The molecule has 0 saturated carbocycles. The van der Waals surface area contributed by atoms with Crippen molar-refractivity contribution in [3.8, 4) is 0 Å². The van der Waals surface area contributed by atoms with Gasteiger partial charge in [-0.05, 0) is 6.42 Å². The fourth-order valence-electron chi connectivity index (χ4n) is 1.16. The van der Waals surface area contributed by atoms with Gasteiger partial charge in [-0.15, -0.1) is 11.8 Å². The summed E-state index contributed by atoms with van der Waals surface area (Å²) in [5.41, 5.74) is 2.55.